The van der Waals surface area contributed by atoms with Gasteiger partial charge in [0.05, 0.1) is 4.11 Å². The first-order valence-corrected chi connectivity index (χ1v) is 4.59. The monoisotopic (exact) mass is 248 g/mol. The molecule has 2 heterocycles. The zero-order chi connectivity index (χ0) is 16.2. The SMILES string of the molecule is [2H]c1c(Br)nc(C2([2H])C([2H])([2H])CNCC2([2H])[2H])c([2H])c1[2H]. The van der Waals surface area contributed by atoms with E-state index in [1.165, 1.54) is 0 Å². The van der Waals surface area contributed by atoms with Gasteiger partial charge in [-0.3, -0.25) is 0 Å². The Morgan fingerprint density at radius 3 is 3.15 bits per heavy atom. The van der Waals surface area contributed by atoms with E-state index in [1.54, 1.807) is 0 Å². The number of aromatic nitrogens is 1. The molecule has 0 bridgehead atoms. The maximum Gasteiger partial charge on any atom is 0.106 e. The molecule has 1 saturated heterocycles. The van der Waals surface area contributed by atoms with Crippen LogP contribution in [0.3, 0.4) is 0 Å². The maximum absolute atomic E-state index is 8.43. The number of hydrogen-bond acceptors (Lipinski definition) is 2. The summed E-state index contributed by atoms with van der Waals surface area (Å²) in [5, 5.41) is 2.60. The standard InChI is InChI=1S/C10H13BrN2/c11-10-3-1-2-9(13-10)8-4-6-12-7-5-8/h1-3,8,12H,4-7H2/i1D,2D,3D,4D2,5D2,8D. The highest BCUT2D eigenvalue weighted by Gasteiger charge is 2.15. The van der Waals surface area contributed by atoms with Crippen LogP contribution in [-0.2, 0) is 0 Å². The molecule has 1 aromatic rings. The summed E-state index contributed by atoms with van der Waals surface area (Å²) in [7, 11) is 0. The van der Waals surface area contributed by atoms with Gasteiger partial charge in [-0.25, -0.2) is 4.98 Å². The highest BCUT2D eigenvalue weighted by Crippen LogP contribution is 2.24. The number of nitrogens with zero attached hydrogens (tertiary/aromatic N) is 1. The fourth-order valence-electron chi connectivity index (χ4n) is 1.01. The average Bonchev–Trinajstić information content (AvgIpc) is 2.37. The Morgan fingerprint density at radius 2 is 2.38 bits per heavy atom. The third-order valence-electron chi connectivity index (χ3n) is 1.57. The number of halogens is 1. The molecule has 0 amide bonds. The third-order valence-corrected chi connectivity index (χ3v) is 1.95. The Labute approximate surface area is 98.1 Å². The molecule has 70 valence electrons. The van der Waals surface area contributed by atoms with Crippen molar-refractivity contribution < 1.29 is 11.0 Å². The lowest BCUT2D eigenvalue weighted by molar-refractivity contribution is 0.453. The van der Waals surface area contributed by atoms with Crippen LogP contribution in [0.5, 0.6) is 0 Å². The van der Waals surface area contributed by atoms with Gasteiger partial charge in [0.1, 0.15) is 4.60 Å². The van der Waals surface area contributed by atoms with Crippen LogP contribution in [0.25, 0.3) is 0 Å². The van der Waals surface area contributed by atoms with Crippen LogP contribution in [0.1, 0.15) is 35.3 Å². The molecule has 1 aliphatic rings. The second kappa shape index (κ2) is 4.20. The first kappa shape index (κ1) is 3.63. The molecule has 1 N–H and O–H groups in total. The van der Waals surface area contributed by atoms with Gasteiger partial charge >= 0.3 is 0 Å². The Kier molecular flexibility index (Phi) is 1.17. The van der Waals surface area contributed by atoms with Crippen molar-refractivity contribution in [2.24, 2.45) is 0 Å². The normalized spacial score (nSPS) is 37.9. The van der Waals surface area contributed by atoms with Crippen LogP contribution in [0.2, 0.25) is 0 Å². The van der Waals surface area contributed by atoms with Crippen molar-refractivity contribution in [1.82, 2.24) is 10.3 Å². The van der Waals surface area contributed by atoms with Crippen molar-refractivity contribution in [3.63, 3.8) is 0 Å². The fraction of sp³-hybridized carbons (Fsp3) is 0.500. The molecule has 0 atom stereocenters. The molecule has 0 saturated carbocycles. The summed E-state index contributed by atoms with van der Waals surface area (Å²) >= 11 is 2.95. The zero-order valence-electron chi connectivity index (χ0n) is 14.7. The summed E-state index contributed by atoms with van der Waals surface area (Å²) < 4.78 is 63.5. The molecule has 1 aromatic heterocycles. The van der Waals surface area contributed by atoms with Crippen LogP contribution >= 0.6 is 15.9 Å². The molecule has 0 spiro atoms. The molecule has 2 rings (SSSR count). The zero-order valence-corrected chi connectivity index (χ0v) is 8.33. The molecule has 13 heavy (non-hydrogen) atoms. The second-order valence-corrected chi connectivity index (χ2v) is 3.21. The van der Waals surface area contributed by atoms with Crippen molar-refractivity contribution in [3.05, 3.63) is 28.4 Å². The predicted octanol–water partition coefficient (Wildman–Crippen LogP) is 2.31. The van der Waals surface area contributed by atoms with Gasteiger partial charge in [0, 0.05) is 18.4 Å². The minimum absolute atomic E-state index is 0.102. The van der Waals surface area contributed by atoms with E-state index in [4.69, 9.17) is 11.0 Å². The lowest BCUT2D eigenvalue weighted by atomic mass is 9.94. The fourth-order valence-corrected chi connectivity index (χ4v) is 1.29. The molecule has 0 unspecified atom stereocenters. The number of nitrogens with one attached hydrogen (secondary N) is 1. The predicted molar refractivity (Wildman–Crippen MR) is 56.8 cm³/mol. The largest absolute Gasteiger partial charge is 0.317 e. The minimum Gasteiger partial charge on any atom is -0.317 e. The Balaban J connectivity index is 2.78. The first-order valence-electron chi connectivity index (χ1n) is 7.80. The minimum atomic E-state index is -2.45. The summed E-state index contributed by atoms with van der Waals surface area (Å²) in [6, 6.07) is -1.45. The molecular formula is C10H13BrN2. The first-order chi connectivity index (χ1) is 9.46. The summed E-state index contributed by atoms with van der Waals surface area (Å²) in [5.41, 5.74) is -0.466. The molecule has 0 radical (unpaired) electrons. The van der Waals surface area contributed by atoms with E-state index in [2.05, 4.69) is 26.2 Å². The van der Waals surface area contributed by atoms with Crippen LogP contribution in [0, 0.1) is 0 Å². The average molecular weight is 249 g/mol. The Hall–Kier alpha value is -0.410. The Morgan fingerprint density at radius 1 is 1.62 bits per heavy atom. The van der Waals surface area contributed by atoms with E-state index in [9.17, 15) is 0 Å². The summed E-state index contributed by atoms with van der Waals surface area (Å²) in [6.45, 7) is -0.518. The summed E-state index contributed by atoms with van der Waals surface area (Å²) in [5.74, 6) is -2.45. The van der Waals surface area contributed by atoms with E-state index in [-0.39, 0.29) is 23.7 Å². The maximum atomic E-state index is 8.43. The van der Waals surface area contributed by atoms with Gasteiger partial charge in [-0.2, -0.15) is 0 Å². The molecule has 0 aliphatic carbocycles. The van der Waals surface area contributed by atoms with E-state index in [0.29, 0.717) is 0 Å². The number of piperidine rings is 1. The smallest absolute Gasteiger partial charge is 0.106 e. The molecule has 0 aromatic carbocycles. The Bertz CT molecular complexity index is 575. The van der Waals surface area contributed by atoms with Crippen molar-refractivity contribution >= 4 is 15.9 Å². The number of rotatable bonds is 1. The van der Waals surface area contributed by atoms with Gasteiger partial charge in [-0.15, -0.1) is 0 Å². The van der Waals surface area contributed by atoms with Crippen molar-refractivity contribution in [1.29, 1.82) is 0 Å². The molecule has 1 aliphatic heterocycles. The number of hydrogen-bond donors (Lipinski definition) is 1. The topological polar surface area (TPSA) is 24.9 Å². The second-order valence-electron chi connectivity index (χ2n) is 2.46. The van der Waals surface area contributed by atoms with Gasteiger partial charge in [0.2, 0.25) is 0 Å². The van der Waals surface area contributed by atoms with Gasteiger partial charge < -0.3 is 5.32 Å². The molecular weight excluding hydrogens is 228 g/mol. The quantitative estimate of drug-likeness (QED) is 0.772. The summed E-state index contributed by atoms with van der Waals surface area (Å²) in [4.78, 5) is 3.85. The van der Waals surface area contributed by atoms with Gasteiger partial charge in [-0.1, -0.05) is 6.04 Å². The van der Waals surface area contributed by atoms with Crippen LogP contribution in [0.15, 0.2) is 22.7 Å². The molecule has 3 heteroatoms. The van der Waals surface area contributed by atoms with Gasteiger partial charge in [0.15, 0.2) is 0 Å². The van der Waals surface area contributed by atoms with E-state index < -0.39 is 36.4 Å². The number of pyridine rings is 1. The summed E-state index contributed by atoms with van der Waals surface area (Å²) in [6.07, 6.45) is -4.65. The molecule has 1 fully saturated rings. The van der Waals surface area contributed by atoms with Crippen molar-refractivity contribution in [2.45, 2.75) is 18.6 Å². The lowest BCUT2D eigenvalue weighted by Crippen LogP contribution is -2.27. The van der Waals surface area contributed by atoms with Crippen LogP contribution in [-0.4, -0.2) is 18.1 Å². The lowest BCUT2D eigenvalue weighted by Gasteiger charge is -2.21. The van der Waals surface area contributed by atoms with E-state index in [1.807, 2.05) is 0 Å². The third kappa shape index (κ3) is 2.29. The highest BCUT2D eigenvalue weighted by atomic mass is 79.9. The van der Waals surface area contributed by atoms with Gasteiger partial charge in [0.25, 0.3) is 0 Å². The van der Waals surface area contributed by atoms with Crippen molar-refractivity contribution in [2.75, 3.05) is 13.1 Å². The van der Waals surface area contributed by atoms with E-state index in [0.717, 1.165) is 0 Å². The highest BCUT2D eigenvalue weighted by molar-refractivity contribution is 9.10. The van der Waals surface area contributed by atoms with Crippen LogP contribution < -0.4 is 5.32 Å². The van der Waals surface area contributed by atoms with Crippen molar-refractivity contribution in [3.8, 4) is 0 Å². The van der Waals surface area contributed by atoms with E-state index >= 15 is 0 Å². The molecule has 2 nitrogen and oxygen atoms in total. The van der Waals surface area contributed by atoms with Crippen LogP contribution in [0.4, 0.5) is 0 Å². The van der Waals surface area contributed by atoms with Gasteiger partial charge in [-0.05, 0) is 53.9 Å².